The van der Waals surface area contributed by atoms with Gasteiger partial charge in [0.15, 0.2) is 5.82 Å². The summed E-state index contributed by atoms with van der Waals surface area (Å²) in [6.07, 6.45) is 0. The molecule has 0 atom stereocenters. The number of non-ortho nitro benzene ring substituents is 1. The zero-order valence-electron chi connectivity index (χ0n) is 14.9. The molecular weight excluding hydrogens is 354 g/mol. The van der Waals surface area contributed by atoms with E-state index in [-0.39, 0.29) is 5.69 Å². The molecule has 7 nitrogen and oxygen atoms in total. The second kappa shape index (κ2) is 7.05. The van der Waals surface area contributed by atoms with Gasteiger partial charge in [-0.05, 0) is 29.3 Å². The van der Waals surface area contributed by atoms with Crippen LogP contribution in [0.1, 0.15) is 5.56 Å². The highest BCUT2D eigenvalue weighted by molar-refractivity contribution is 5.94. The van der Waals surface area contributed by atoms with Crippen LogP contribution in [0.3, 0.4) is 0 Å². The molecule has 4 rings (SSSR count). The Bertz CT molecular complexity index is 1170. The lowest BCUT2D eigenvalue weighted by atomic mass is 10.0. The number of fused-ring (bicyclic) bond motifs is 1. The fourth-order valence-electron chi connectivity index (χ4n) is 3.10. The third-order valence-corrected chi connectivity index (χ3v) is 4.57. The fourth-order valence-corrected chi connectivity index (χ4v) is 3.10. The molecule has 0 saturated heterocycles. The number of benzene rings is 3. The number of nitro benzene ring substituents is 1. The van der Waals surface area contributed by atoms with Gasteiger partial charge in [-0.2, -0.15) is 0 Å². The highest BCUT2D eigenvalue weighted by Crippen LogP contribution is 2.32. The van der Waals surface area contributed by atoms with E-state index in [2.05, 4.69) is 4.98 Å². The van der Waals surface area contributed by atoms with Crippen LogP contribution in [-0.2, 0) is 6.54 Å². The van der Waals surface area contributed by atoms with E-state index in [1.54, 1.807) is 12.1 Å². The van der Waals surface area contributed by atoms with Crippen molar-refractivity contribution in [2.24, 2.45) is 5.73 Å². The van der Waals surface area contributed by atoms with Gasteiger partial charge in [0.1, 0.15) is 5.69 Å². The molecule has 0 bridgehead atoms. The molecule has 4 aromatic rings. The van der Waals surface area contributed by atoms with Crippen LogP contribution in [0, 0.1) is 10.1 Å². The van der Waals surface area contributed by atoms with Crippen molar-refractivity contribution >= 4 is 22.5 Å². The Labute approximate surface area is 160 Å². The van der Waals surface area contributed by atoms with Gasteiger partial charge in [0.2, 0.25) is 0 Å². The summed E-state index contributed by atoms with van der Waals surface area (Å²) in [4.78, 5) is 19.8. The average molecular weight is 371 g/mol. The number of hydrogen-bond acceptors (Lipinski definition) is 6. The number of anilines is 1. The van der Waals surface area contributed by atoms with Gasteiger partial charge in [0.05, 0.1) is 16.0 Å². The number of nitrogens with two attached hydrogens (primary N) is 2. The maximum Gasteiger partial charge on any atom is 0.269 e. The molecule has 1 heterocycles. The van der Waals surface area contributed by atoms with Gasteiger partial charge in [-0.25, -0.2) is 9.97 Å². The van der Waals surface area contributed by atoms with Gasteiger partial charge in [-0.1, -0.05) is 36.4 Å². The molecule has 0 aliphatic carbocycles. The average Bonchev–Trinajstić information content (AvgIpc) is 2.73. The smallest absolute Gasteiger partial charge is 0.269 e. The molecule has 1 aromatic heterocycles. The summed E-state index contributed by atoms with van der Waals surface area (Å²) in [5, 5.41) is 10.9. The Morgan fingerprint density at radius 3 is 2.21 bits per heavy atom. The van der Waals surface area contributed by atoms with E-state index >= 15 is 0 Å². The van der Waals surface area contributed by atoms with Gasteiger partial charge >= 0.3 is 0 Å². The molecule has 138 valence electrons. The van der Waals surface area contributed by atoms with Crippen LogP contribution in [0.25, 0.3) is 33.4 Å². The molecule has 0 unspecified atom stereocenters. The lowest BCUT2D eigenvalue weighted by Crippen LogP contribution is -2.00. The van der Waals surface area contributed by atoms with Crippen molar-refractivity contribution < 1.29 is 4.92 Å². The molecular formula is C21H17N5O2. The molecule has 0 aliphatic heterocycles. The predicted octanol–water partition coefficient (Wildman–Crippen LogP) is 3.91. The Balaban J connectivity index is 1.87. The van der Waals surface area contributed by atoms with E-state index < -0.39 is 4.92 Å². The topological polar surface area (TPSA) is 121 Å². The van der Waals surface area contributed by atoms with Crippen LogP contribution >= 0.6 is 0 Å². The minimum Gasteiger partial charge on any atom is -0.382 e. The molecule has 0 spiro atoms. The second-order valence-electron chi connectivity index (χ2n) is 6.34. The van der Waals surface area contributed by atoms with Crippen LogP contribution in [0.2, 0.25) is 0 Å². The summed E-state index contributed by atoms with van der Waals surface area (Å²) in [6.45, 7) is 0.462. The third-order valence-electron chi connectivity index (χ3n) is 4.57. The zero-order valence-corrected chi connectivity index (χ0v) is 14.9. The van der Waals surface area contributed by atoms with Crippen LogP contribution < -0.4 is 11.5 Å². The van der Waals surface area contributed by atoms with Crippen molar-refractivity contribution in [2.75, 3.05) is 5.73 Å². The maximum atomic E-state index is 10.9. The molecule has 0 amide bonds. The van der Waals surface area contributed by atoms with E-state index in [0.717, 1.165) is 22.3 Å². The van der Waals surface area contributed by atoms with E-state index in [1.807, 2.05) is 42.5 Å². The largest absolute Gasteiger partial charge is 0.382 e. The standard InChI is InChI=1S/C21H17N5O2/c22-12-13-4-6-15(7-5-13)19-21(23)24-18-3-1-2-17(20(18)25-19)14-8-10-16(11-9-14)26(27)28/h1-11H,12,22H2,(H2,23,24). The molecule has 4 N–H and O–H groups in total. The lowest BCUT2D eigenvalue weighted by Gasteiger charge is -2.10. The first-order chi connectivity index (χ1) is 13.6. The van der Waals surface area contributed by atoms with Crippen molar-refractivity contribution in [1.29, 1.82) is 0 Å². The van der Waals surface area contributed by atoms with Crippen LogP contribution in [0.5, 0.6) is 0 Å². The summed E-state index contributed by atoms with van der Waals surface area (Å²) < 4.78 is 0. The summed E-state index contributed by atoms with van der Waals surface area (Å²) in [7, 11) is 0. The Morgan fingerprint density at radius 2 is 1.57 bits per heavy atom. The van der Waals surface area contributed by atoms with E-state index in [4.69, 9.17) is 16.5 Å². The molecule has 3 aromatic carbocycles. The molecule has 0 saturated carbocycles. The van der Waals surface area contributed by atoms with Gasteiger partial charge in [-0.3, -0.25) is 10.1 Å². The number of aromatic nitrogens is 2. The third kappa shape index (κ3) is 3.15. The van der Waals surface area contributed by atoms with Gasteiger partial charge in [0, 0.05) is 29.8 Å². The summed E-state index contributed by atoms with van der Waals surface area (Å²) >= 11 is 0. The van der Waals surface area contributed by atoms with Gasteiger partial charge in [0.25, 0.3) is 5.69 Å². The lowest BCUT2D eigenvalue weighted by molar-refractivity contribution is -0.384. The van der Waals surface area contributed by atoms with Gasteiger partial charge in [-0.15, -0.1) is 0 Å². The van der Waals surface area contributed by atoms with Crippen molar-refractivity contribution in [3.8, 4) is 22.4 Å². The quantitative estimate of drug-likeness (QED) is 0.414. The second-order valence-corrected chi connectivity index (χ2v) is 6.34. The van der Waals surface area contributed by atoms with Crippen LogP contribution in [0.15, 0.2) is 66.7 Å². The number of nitrogen functional groups attached to an aromatic ring is 1. The Morgan fingerprint density at radius 1 is 0.893 bits per heavy atom. The Hall–Kier alpha value is -3.84. The summed E-state index contributed by atoms with van der Waals surface area (Å²) in [6, 6.07) is 19.7. The summed E-state index contributed by atoms with van der Waals surface area (Å²) in [5.41, 5.74) is 17.3. The van der Waals surface area contributed by atoms with E-state index in [9.17, 15) is 10.1 Å². The normalized spacial score (nSPS) is 10.9. The van der Waals surface area contributed by atoms with Crippen LogP contribution in [-0.4, -0.2) is 14.9 Å². The van der Waals surface area contributed by atoms with E-state index in [0.29, 0.717) is 29.1 Å². The maximum absolute atomic E-state index is 10.9. The minimum absolute atomic E-state index is 0.0417. The van der Waals surface area contributed by atoms with Crippen LogP contribution in [0.4, 0.5) is 11.5 Å². The van der Waals surface area contributed by atoms with Crippen molar-refractivity contribution in [1.82, 2.24) is 9.97 Å². The summed E-state index contributed by atoms with van der Waals surface area (Å²) in [5.74, 6) is 0.342. The molecule has 0 aliphatic rings. The number of para-hydroxylation sites is 1. The van der Waals surface area contributed by atoms with E-state index in [1.165, 1.54) is 12.1 Å². The molecule has 0 fully saturated rings. The fraction of sp³-hybridized carbons (Fsp3) is 0.0476. The first-order valence-electron chi connectivity index (χ1n) is 8.67. The zero-order chi connectivity index (χ0) is 19.7. The highest BCUT2D eigenvalue weighted by atomic mass is 16.6. The first-order valence-corrected chi connectivity index (χ1v) is 8.67. The Kier molecular flexibility index (Phi) is 4.42. The predicted molar refractivity (Wildman–Crippen MR) is 109 cm³/mol. The minimum atomic E-state index is -0.420. The monoisotopic (exact) mass is 371 g/mol. The van der Waals surface area contributed by atoms with Gasteiger partial charge < -0.3 is 11.5 Å². The van der Waals surface area contributed by atoms with Crippen molar-refractivity contribution in [2.45, 2.75) is 6.54 Å². The van der Waals surface area contributed by atoms with Crippen molar-refractivity contribution in [3.63, 3.8) is 0 Å². The van der Waals surface area contributed by atoms with Crippen molar-refractivity contribution in [3.05, 3.63) is 82.4 Å². The molecule has 0 radical (unpaired) electrons. The molecule has 7 heteroatoms. The number of nitrogens with zero attached hydrogens (tertiary/aromatic N) is 3. The SMILES string of the molecule is NCc1ccc(-c2nc3c(-c4ccc([N+](=O)[O-])cc4)cccc3nc2N)cc1. The number of rotatable bonds is 4. The molecule has 28 heavy (non-hydrogen) atoms. The number of nitro groups is 1. The first kappa shape index (κ1) is 17.6. The number of hydrogen-bond donors (Lipinski definition) is 2. The highest BCUT2D eigenvalue weighted by Gasteiger charge is 2.13.